The van der Waals surface area contributed by atoms with Gasteiger partial charge in [-0.1, -0.05) is 0 Å². The van der Waals surface area contributed by atoms with E-state index < -0.39 is 36.9 Å². The maximum atomic E-state index is 6.93. The maximum absolute atomic E-state index is 6.93. The van der Waals surface area contributed by atoms with Crippen molar-refractivity contribution in [2.45, 2.75) is 71.1 Å². The second-order valence-corrected chi connectivity index (χ2v) is 31.3. The van der Waals surface area contributed by atoms with Crippen LogP contribution in [0.15, 0.2) is 0 Å². The predicted molar refractivity (Wildman–Crippen MR) is 85.8 cm³/mol. The Kier molecular flexibility index (Phi) is 11.6. The molecule has 0 fully saturated rings. The van der Waals surface area contributed by atoms with Crippen molar-refractivity contribution >= 4 is 45.8 Å². The Morgan fingerprint density at radius 3 is 1.44 bits per heavy atom. The molecule has 0 N–H and O–H groups in total. The van der Waals surface area contributed by atoms with Crippen molar-refractivity contribution in [3.63, 3.8) is 0 Å². The van der Waals surface area contributed by atoms with Crippen molar-refractivity contribution in [2.24, 2.45) is 0 Å². The minimum absolute atomic E-state index is 1.14. The van der Waals surface area contributed by atoms with E-state index in [2.05, 4.69) is 27.7 Å². The van der Waals surface area contributed by atoms with Gasteiger partial charge in [-0.3, -0.25) is 0 Å². The van der Waals surface area contributed by atoms with Gasteiger partial charge in [-0.25, -0.2) is 0 Å². The Bertz CT molecular complexity index is 203. The first-order valence-electron chi connectivity index (χ1n) is 7.45. The SMILES string of the molecule is CC[CH2][Sn]([Cl])([CH2]CC)[O][Sn]([CH2]CC)([CH2]CC)[O]C. The van der Waals surface area contributed by atoms with Gasteiger partial charge in [0.05, 0.1) is 0 Å². The van der Waals surface area contributed by atoms with Crippen LogP contribution in [0.3, 0.4) is 0 Å². The van der Waals surface area contributed by atoms with Gasteiger partial charge in [0.1, 0.15) is 0 Å². The standard InChI is InChI=1S/4C3H7.CH3O.ClH.O.2Sn/c4*1-3-2;1-2;;;;/h4*1,3H2,2H3;1H3;1H;;;/q;;;;-1;;;2*+1/p-1. The van der Waals surface area contributed by atoms with Crippen molar-refractivity contribution in [1.82, 2.24) is 0 Å². The summed E-state index contributed by atoms with van der Waals surface area (Å²) in [5, 5.41) is 0. The van der Waals surface area contributed by atoms with E-state index in [0.717, 1.165) is 30.6 Å². The summed E-state index contributed by atoms with van der Waals surface area (Å²) >= 11 is -5.68. The Labute approximate surface area is 127 Å². The van der Waals surface area contributed by atoms with Crippen LogP contribution in [-0.4, -0.2) is 44.0 Å². The molecule has 2 nitrogen and oxygen atoms in total. The second kappa shape index (κ2) is 10.5. The van der Waals surface area contributed by atoms with E-state index in [9.17, 15) is 0 Å². The average molecular weight is 492 g/mol. The molecular weight excluding hydrogens is 461 g/mol. The summed E-state index contributed by atoms with van der Waals surface area (Å²) in [6, 6.07) is 0. The molecule has 0 unspecified atom stereocenters. The summed E-state index contributed by atoms with van der Waals surface area (Å²) in [5.74, 6) is 0. The topological polar surface area (TPSA) is 18.5 Å². The first-order valence-corrected chi connectivity index (χ1v) is 22.6. The van der Waals surface area contributed by atoms with E-state index in [4.69, 9.17) is 13.4 Å². The number of halogens is 1. The summed E-state index contributed by atoms with van der Waals surface area (Å²) < 4.78 is 17.3. The molecule has 0 spiro atoms. The van der Waals surface area contributed by atoms with Crippen LogP contribution < -0.4 is 0 Å². The van der Waals surface area contributed by atoms with Crippen LogP contribution >= 0.6 is 8.92 Å². The van der Waals surface area contributed by atoms with Gasteiger partial charge in [0.2, 0.25) is 0 Å². The zero-order valence-corrected chi connectivity index (χ0v) is 19.3. The summed E-state index contributed by atoms with van der Waals surface area (Å²) in [6.45, 7) is 8.90. The van der Waals surface area contributed by atoms with Gasteiger partial charge in [0, 0.05) is 0 Å². The monoisotopic (exact) mass is 494 g/mol. The average Bonchev–Trinajstić information content (AvgIpc) is 2.30. The molecule has 5 heteroatoms. The third-order valence-electron chi connectivity index (χ3n) is 3.25. The predicted octanol–water partition coefficient (Wildman–Crippen LogP) is 5.41. The molecule has 0 atom stereocenters. The van der Waals surface area contributed by atoms with Crippen LogP contribution in [0.1, 0.15) is 53.4 Å². The third kappa shape index (κ3) is 7.00. The van der Waals surface area contributed by atoms with Crippen LogP contribution in [0.2, 0.25) is 17.7 Å². The van der Waals surface area contributed by atoms with E-state index in [1.807, 2.05) is 7.11 Å². The van der Waals surface area contributed by atoms with Crippen molar-refractivity contribution in [1.29, 1.82) is 0 Å². The van der Waals surface area contributed by atoms with Crippen molar-refractivity contribution < 1.29 is 4.49 Å². The Hall–Kier alpha value is 1.81. The number of hydrogen-bond acceptors (Lipinski definition) is 2. The van der Waals surface area contributed by atoms with Crippen LogP contribution in [0.5, 0.6) is 0 Å². The summed E-state index contributed by atoms with van der Waals surface area (Å²) in [7, 11) is 8.80. The molecule has 0 aliphatic heterocycles. The van der Waals surface area contributed by atoms with Crippen molar-refractivity contribution in [2.75, 3.05) is 7.11 Å². The van der Waals surface area contributed by atoms with Gasteiger partial charge in [-0.2, -0.15) is 0 Å². The molecule has 0 aliphatic carbocycles. The van der Waals surface area contributed by atoms with Crippen LogP contribution in [0.4, 0.5) is 0 Å². The third-order valence-corrected chi connectivity index (χ3v) is 41.9. The quantitative estimate of drug-likeness (QED) is 0.359. The first-order chi connectivity index (χ1) is 8.51. The molecule has 0 heterocycles. The van der Waals surface area contributed by atoms with Crippen LogP contribution in [0.25, 0.3) is 0 Å². The van der Waals surface area contributed by atoms with Crippen LogP contribution in [-0.2, 0) is 4.49 Å². The van der Waals surface area contributed by atoms with Crippen molar-refractivity contribution in [3.05, 3.63) is 0 Å². The van der Waals surface area contributed by atoms with E-state index in [0.29, 0.717) is 0 Å². The van der Waals surface area contributed by atoms with Gasteiger partial charge in [-0.05, 0) is 0 Å². The number of hydrogen-bond donors (Lipinski definition) is 0. The molecular formula is C13H31ClO2Sn2. The van der Waals surface area contributed by atoms with Gasteiger partial charge in [0.15, 0.2) is 0 Å². The molecule has 0 rings (SSSR count). The molecule has 18 heavy (non-hydrogen) atoms. The summed E-state index contributed by atoms with van der Waals surface area (Å²) in [4.78, 5) is 0. The Morgan fingerprint density at radius 2 is 1.17 bits per heavy atom. The summed E-state index contributed by atoms with van der Waals surface area (Å²) in [6.07, 6.45) is 4.65. The van der Waals surface area contributed by atoms with Gasteiger partial charge in [0.25, 0.3) is 0 Å². The Balaban J connectivity index is 4.87. The minimum atomic E-state index is -2.84. The van der Waals surface area contributed by atoms with E-state index in [1.165, 1.54) is 12.8 Å². The molecule has 110 valence electrons. The van der Waals surface area contributed by atoms with E-state index in [1.54, 1.807) is 0 Å². The fourth-order valence-corrected chi connectivity index (χ4v) is 48.1. The second-order valence-electron chi connectivity index (χ2n) is 5.10. The van der Waals surface area contributed by atoms with E-state index >= 15 is 0 Å². The molecule has 0 saturated heterocycles. The molecule has 0 saturated carbocycles. The fourth-order valence-electron chi connectivity index (χ4n) is 2.54. The zero-order valence-electron chi connectivity index (χ0n) is 12.9. The number of rotatable bonds is 11. The van der Waals surface area contributed by atoms with E-state index in [-0.39, 0.29) is 0 Å². The van der Waals surface area contributed by atoms with Gasteiger partial charge < -0.3 is 0 Å². The molecule has 0 aromatic heterocycles. The molecule has 0 aliphatic rings. The molecule has 0 amide bonds. The van der Waals surface area contributed by atoms with Crippen LogP contribution in [0, 0.1) is 0 Å². The molecule has 0 aromatic carbocycles. The first kappa shape index (κ1) is 19.8. The van der Waals surface area contributed by atoms with Gasteiger partial charge >= 0.3 is 129 Å². The fraction of sp³-hybridized carbons (Fsp3) is 1.00. The normalized spacial score (nSPS) is 13.0. The Morgan fingerprint density at radius 1 is 0.778 bits per heavy atom. The van der Waals surface area contributed by atoms with Crippen molar-refractivity contribution in [3.8, 4) is 0 Å². The van der Waals surface area contributed by atoms with Gasteiger partial charge in [-0.15, -0.1) is 0 Å². The molecule has 0 radical (unpaired) electrons. The summed E-state index contributed by atoms with van der Waals surface area (Å²) in [5.41, 5.74) is 0. The molecule has 0 aromatic rings. The zero-order chi connectivity index (χ0) is 14.1. The molecule has 0 bridgehead atoms.